The van der Waals surface area contributed by atoms with E-state index in [2.05, 4.69) is 31.1 Å². The van der Waals surface area contributed by atoms with Crippen molar-refractivity contribution in [1.82, 2.24) is 30.5 Å². The molecular weight excluding hydrogens is 522 g/mol. The number of nitrogens with one attached hydrogen (secondary N) is 2. The molecule has 0 aliphatic carbocycles. The average Bonchev–Trinajstić information content (AvgIpc) is 3.39. The Hall–Kier alpha value is -4.78. The van der Waals surface area contributed by atoms with E-state index >= 15 is 0 Å². The van der Waals surface area contributed by atoms with E-state index < -0.39 is 35.6 Å². The second-order valence-electron chi connectivity index (χ2n) is 9.58. The minimum atomic E-state index is -1.21. The highest BCUT2D eigenvalue weighted by Crippen LogP contribution is 2.31. The largest absolute Gasteiger partial charge is 0.386 e. The Balaban J connectivity index is 1.60. The van der Waals surface area contributed by atoms with Gasteiger partial charge in [0.25, 0.3) is 0 Å². The van der Waals surface area contributed by atoms with Crippen LogP contribution in [0.1, 0.15) is 27.2 Å². The van der Waals surface area contributed by atoms with Crippen LogP contribution in [0.2, 0.25) is 0 Å². The number of hydrogen-bond acceptors (Lipinski definition) is 8. The number of anilines is 2. The summed E-state index contributed by atoms with van der Waals surface area (Å²) in [7, 11) is 0. The monoisotopic (exact) mass is 550 g/mol. The average molecular weight is 551 g/mol. The van der Waals surface area contributed by atoms with Gasteiger partial charge in [-0.25, -0.2) is 18.6 Å². The van der Waals surface area contributed by atoms with E-state index in [1.165, 1.54) is 25.3 Å². The number of rotatable bonds is 9. The second kappa shape index (κ2) is 11.9. The number of amides is 2. The third-order valence-corrected chi connectivity index (χ3v) is 6.01. The molecular formula is C27H28F2N8O3. The van der Waals surface area contributed by atoms with E-state index in [0.29, 0.717) is 23.2 Å². The topological polar surface area (TPSA) is 161 Å². The molecule has 0 bridgehead atoms. The Morgan fingerprint density at radius 1 is 1.07 bits per heavy atom. The van der Waals surface area contributed by atoms with Crippen molar-refractivity contribution in [3.63, 3.8) is 0 Å². The second-order valence-corrected chi connectivity index (χ2v) is 9.58. The molecule has 0 aliphatic heterocycles. The zero-order valence-corrected chi connectivity index (χ0v) is 22.0. The normalized spacial score (nSPS) is 12.7. The van der Waals surface area contributed by atoms with Crippen molar-refractivity contribution in [2.24, 2.45) is 5.92 Å². The van der Waals surface area contributed by atoms with Crippen molar-refractivity contribution in [3.05, 3.63) is 66.4 Å². The maximum atomic E-state index is 14.5. The lowest BCUT2D eigenvalue weighted by atomic mass is 9.98. The highest BCUT2D eigenvalue weighted by atomic mass is 19.2. The third-order valence-electron chi connectivity index (χ3n) is 6.01. The summed E-state index contributed by atoms with van der Waals surface area (Å²) in [5.74, 6) is -2.44. The first-order chi connectivity index (χ1) is 19.0. The van der Waals surface area contributed by atoms with Gasteiger partial charge in [-0.15, -0.1) is 5.10 Å². The summed E-state index contributed by atoms with van der Waals surface area (Å²) in [5, 5.41) is 26.4. The number of nitrogen functional groups attached to an aromatic ring is 1. The summed E-state index contributed by atoms with van der Waals surface area (Å²) in [6, 6.07) is 10.6. The van der Waals surface area contributed by atoms with Crippen molar-refractivity contribution in [1.29, 1.82) is 0 Å². The molecule has 0 saturated carbocycles. The molecule has 2 aromatic carbocycles. The van der Waals surface area contributed by atoms with Crippen LogP contribution in [0.5, 0.6) is 0 Å². The number of hydrogen-bond donors (Lipinski definition) is 4. The lowest BCUT2D eigenvalue weighted by Gasteiger charge is -2.21. The van der Waals surface area contributed by atoms with Crippen LogP contribution in [0, 0.1) is 17.6 Å². The SMILES string of the molecule is CC(C)CC(NC(=O)Nc1cccc(-c2cnc(N)c(-c3nnnn3-c3cccc(F)c3F)c2)c1)C(=O)C(C)O. The number of tetrazole rings is 1. The first-order valence-electron chi connectivity index (χ1n) is 12.4. The number of nitrogens with two attached hydrogens (primary N) is 1. The van der Waals surface area contributed by atoms with Crippen molar-refractivity contribution >= 4 is 23.3 Å². The van der Waals surface area contributed by atoms with Crippen LogP contribution in [0.3, 0.4) is 0 Å². The molecule has 4 rings (SSSR count). The van der Waals surface area contributed by atoms with Gasteiger partial charge in [-0.05, 0) is 65.6 Å². The summed E-state index contributed by atoms with van der Waals surface area (Å²) in [4.78, 5) is 29.3. The zero-order valence-electron chi connectivity index (χ0n) is 22.0. The summed E-state index contributed by atoms with van der Waals surface area (Å²) in [6.07, 6.45) is 0.670. The van der Waals surface area contributed by atoms with E-state index in [9.17, 15) is 23.5 Å². The zero-order chi connectivity index (χ0) is 29.0. The highest BCUT2D eigenvalue weighted by Gasteiger charge is 2.25. The van der Waals surface area contributed by atoms with Gasteiger partial charge in [0.1, 0.15) is 17.6 Å². The van der Waals surface area contributed by atoms with Crippen LogP contribution in [0.4, 0.5) is 25.1 Å². The molecule has 0 fully saturated rings. The van der Waals surface area contributed by atoms with Crippen LogP contribution in [-0.2, 0) is 4.79 Å². The molecule has 40 heavy (non-hydrogen) atoms. The Morgan fingerprint density at radius 3 is 2.55 bits per heavy atom. The van der Waals surface area contributed by atoms with Gasteiger partial charge in [-0.1, -0.05) is 32.0 Å². The van der Waals surface area contributed by atoms with E-state index in [1.807, 2.05) is 13.8 Å². The van der Waals surface area contributed by atoms with E-state index in [1.54, 1.807) is 30.3 Å². The quantitative estimate of drug-likeness (QED) is 0.245. The third kappa shape index (κ3) is 6.26. The van der Waals surface area contributed by atoms with E-state index in [4.69, 9.17) is 5.73 Å². The number of nitrogens with zero attached hydrogens (tertiary/aromatic N) is 5. The van der Waals surface area contributed by atoms with Crippen molar-refractivity contribution in [2.75, 3.05) is 11.1 Å². The molecule has 2 heterocycles. The Morgan fingerprint density at radius 2 is 1.82 bits per heavy atom. The highest BCUT2D eigenvalue weighted by molar-refractivity contribution is 5.96. The number of urea groups is 1. The molecule has 2 unspecified atom stereocenters. The molecule has 2 aromatic heterocycles. The molecule has 208 valence electrons. The van der Waals surface area contributed by atoms with Crippen LogP contribution in [0.15, 0.2) is 54.7 Å². The van der Waals surface area contributed by atoms with Gasteiger partial charge >= 0.3 is 6.03 Å². The van der Waals surface area contributed by atoms with Gasteiger partial charge in [-0.2, -0.15) is 4.68 Å². The van der Waals surface area contributed by atoms with Crippen molar-refractivity contribution in [2.45, 2.75) is 39.3 Å². The number of carbonyl (C=O) groups excluding carboxylic acids is 2. The molecule has 0 radical (unpaired) electrons. The molecule has 0 saturated heterocycles. The lowest BCUT2D eigenvalue weighted by molar-refractivity contribution is -0.128. The number of aliphatic hydroxyl groups excluding tert-OH is 1. The lowest BCUT2D eigenvalue weighted by Crippen LogP contribution is -2.47. The Kier molecular flexibility index (Phi) is 8.43. The molecule has 2 atom stereocenters. The number of aliphatic hydroxyl groups is 1. The van der Waals surface area contributed by atoms with Crippen LogP contribution >= 0.6 is 0 Å². The fourth-order valence-electron chi connectivity index (χ4n) is 4.10. The molecule has 0 aliphatic rings. The summed E-state index contributed by atoms with van der Waals surface area (Å²) >= 11 is 0. The smallest absolute Gasteiger partial charge is 0.319 e. The molecule has 0 spiro atoms. The predicted octanol–water partition coefficient (Wildman–Crippen LogP) is 3.74. The standard InChI is InChI=1S/C27H28F2N8O3/c1-14(2)10-21(24(39)15(3)38)33-27(40)32-18-7-4-6-16(11-18)17-12-19(25(30)31-13-17)26-34-35-36-37(26)22-9-5-8-20(28)23(22)29/h4-9,11-15,21,38H,10H2,1-3H3,(H2,30,31)(H2,32,33,40). The van der Waals surface area contributed by atoms with Crippen LogP contribution < -0.4 is 16.4 Å². The van der Waals surface area contributed by atoms with Crippen molar-refractivity contribution in [3.8, 4) is 28.2 Å². The Labute approximate surface area is 228 Å². The number of halogens is 2. The molecule has 5 N–H and O–H groups in total. The first kappa shape index (κ1) is 28.2. The molecule has 2 amide bonds. The van der Waals surface area contributed by atoms with Gasteiger partial charge in [0.05, 0.1) is 11.6 Å². The number of Topliss-reactive ketones (excluding diaryl/α,β-unsaturated/α-hetero) is 1. The van der Waals surface area contributed by atoms with Gasteiger partial charge in [0.2, 0.25) is 0 Å². The predicted molar refractivity (Wildman–Crippen MR) is 144 cm³/mol. The van der Waals surface area contributed by atoms with Gasteiger partial charge < -0.3 is 21.5 Å². The molecule has 13 heteroatoms. The van der Waals surface area contributed by atoms with Crippen molar-refractivity contribution < 1.29 is 23.5 Å². The fraction of sp³-hybridized carbons (Fsp3) is 0.259. The number of benzene rings is 2. The summed E-state index contributed by atoms with van der Waals surface area (Å²) in [5.41, 5.74) is 7.81. The first-order valence-corrected chi connectivity index (χ1v) is 12.4. The Bertz CT molecular complexity index is 1540. The van der Waals surface area contributed by atoms with E-state index in [-0.39, 0.29) is 28.8 Å². The number of aromatic nitrogens is 5. The van der Waals surface area contributed by atoms with Gasteiger partial charge in [-0.3, -0.25) is 4.79 Å². The number of carbonyl (C=O) groups is 2. The van der Waals surface area contributed by atoms with Crippen LogP contribution in [0.25, 0.3) is 28.2 Å². The molecule has 11 nitrogen and oxygen atoms in total. The maximum Gasteiger partial charge on any atom is 0.319 e. The molecule has 4 aromatic rings. The van der Waals surface area contributed by atoms with Gasteiger partial charge in [0.15, 0.2) is 23.2 Å². The summed E-state index contributed by atoms with van der Waals surface area (Å²) < 4.78 is 29.3. The van der Waals surface area contributed by atoms with Gasteiger partial charge in [0, 0.05) is 17.4 Å². The van der Waals surface area contributed by atoms with Crippen LogP contribution in [-0.4, -0.2) is 54.3 Å². The minimum absolute atomic E-state index is 0.0454. The minimum Gasteiger partial charge on any atom is -0.386 e. The number of pyridine rings is 1. The fourth-order valence-corrected chi connectivity index (χ4v) is 4.10. The van der Waals surface area contributed by atoms with E-state index in [0.717, 1.165) is 10.7 Å². The maximum absolute atomic E-state index is 14.5. The summed E-state index contributed by atoms with van der Waals surface area (Å²) in [6.45, 7) is 5.18. The number of ketones is 1.